The number of para-hydroxylation sites is 1. The van der Waals surface area contributed by atoms with Crippen LogP contribution in [0.3, 0.4) is 0 Å². The monoisotopic (exact) mass is 261 g/mol. The molecule has 3 heteroatoms. The molecule has 1 atom stereocenters. The summed E-state index contributed by atoms with van der Waals surface area (Å²) in [6, 6.07) is 10.9. The van der Waals surface area contributed by atoms with Crippen LogP contribution in [0.15, 0.2) is 30.3 Å². The van der Waals surface area contributed by atoms with E-state index in [1.165, 1.54) is 5.69 Å². The van der Waals surface area contributed by atoms with Gasteiger partial charge in [-0.1, -0.05) is 39.0 Å². The number of anilines is 1. The van der Waals surface area contributed by atoms with Gasteiger partial charge < -0.3 is 10.6 Å². The second kappa shape index (κ2) is 5.93. The Morgan fingerprint density at radius 2 is 1.63 bits per heavy atom. The van der Waals surface area contributed by atoms with Crippen LogP contribution in [0.1, 0.15) is 20.8 Å². The number of hydrogen-bond donors (Lipinski definition) is 1. The van der Waals surface area contributed by atoms with Crippen molar-refractivity contribution in [1.82, 2.24) is 4.90 Å². The van der Waals surface area contributed by atoms with Crippen molar-refractivity contribution in [2.24, 2.45) is 11.1 Å². The molecule has 106 valence electrons. The van der Waals surface area contributed by atoms with E-state index >= 15 is 0 Å². The minimum absolute atomic E-state index is 0.191. The molecule has 19 heavy (non-hydrogen) atoms. The first-order valence-corrected chi connectivity index (χ1v) is 7.25. The fourth-order valence-corrected chi connectivity index (χ4v) is 2.38. The van der Waals surface area contributed by atoms with Gasteiger partial charge in [0, 0.05) is 44.5 Å². The zero-order chi connectivity index (χ0) is 13.9. The molecule has 1 fully saturated rings. The van der Waals surface area contributed by atoms with Crippen LogP contribution in [-0.4, -0.2) is 43.7 Å². The molecule has 0 saturated carbocycles. The van der Waals surface area contributed by atoms with E-state index in [-0.39, 0.29) is 11.5 Å². The molecule has 2 rings (SSSR count). The summed E-state index contributed by atoms with van der Waals surface area (Å²) in [4.78, 5) is 4.95. The standard InChI is InChI=1S/C16H27N3/c1-16(2,3)15(17)13-18-9-11-19(12-10-18)14-7-5-4-6-8-14/h4-8,15H,9-13,17H2,1-3H3. The number of benzene rings is 1. The lowest BCUT2D eigenvalue weighted by molar-refractivity contribution is 0.191. The molecule has 1 heterocycles. The number of nitrogens with zero attached hydrogens (tertiary/aromatic N) is 2. The Balaban J connectivity index is 1.83. The van der Waals surface area contributed by atoms with E-state index < -0.39 is 0 Å². The van der Waals surface area contributed by atoms with Crippen molar-refractivity contribution in [2.75, 3.05) is 37.6 Å². The summed E-state index contributed by atoms with van der Waals surface area (Å²) in [5.41, 5.74) is 7.80. The molecule has 1 saturated heterocycles. The molecule has 0 radical (unpaired) electrons. The van der Waals surface area contributed by atoms with E-state index in [0.717, 1.165) is 32.7 Å². The molecule has 1 aromatic carbocycles. The van der Waals surface area contributed by atoms with Gasteiger partial charge >= 0.3 is 0 Å². The molecule has 0 aromatic heterocycles. The van der Waals surface area contributed by atoms with Crippen LogP contribution in [-0.2, 0) is 0 Å². The number of rotatable bonds is 3. The van der Waals surface area contributed by atoms with Crippen molar-refractivity contribution < 1.29 is 0 Å². The Hall–Kier alpha value is -1.06. The molecule has 0 aliphatic carbocycles. The van der Waals surface area contributed by atoms with Gasteiger partial charge in [-0.05, 0) is 17.5 Å². The Kier molecular flexibility index (Phi) is 4.48. The lowest BCUT2D eigenvalue weighted by atomic mass is 9.87. The van der Waals surface area contributed by atoms with E-state index in [1.807, 2.05) is 0 Å². The summed E-state index contributed by atoms with van der Waals surface area (Å²) in [6.45, 7) is 12.1. The highest BCUT2D eigenvalue weighted by atomic mass is 15.3. The third kappa shape index (κ3) is 3.95. The summed E-state index contributed by atoms with van der Waals surface area (Å²) in [5, 5.41) is 0. The highest BCUT2D eigenvalue weighted by Crippen LogP contribution is 2.20. The first kappa shape index (κ1) is 14.4. The van der Waals surface area contributed by atoms with E-state index in [1.54, 1.807) is 0 Å². The molecule has 1 aromatic rings. The van der Waals surface area contributed by atoms with Crippen molar-refractivity contribution >= 4 is 5.69 Å². The predicted molar refractivity (Wildman–Crippen MR) is 82.5 cm³/mol. The van der Waals surface area contributed by atoms with E-state index in [2.05, 4.69) is 60.9 Å². The molecule has 1 aliphatic heterocycles. The second-order valence-electron chi connectivity index (χ2n) is 6.60. The average Bonchev–Trinajstić information content (AvgIpc) is 2.39. The maximum absolute atomic E-state index is 6.27. The second-order valence-corrected chi connectivity index (χ2v) is 6.60. The third-order valence-corrected chi connectivity index (χ3v) is 4.06. The molecule has 1 aliphatic rings. The van der Waals surface area contributed by atoms with Crippen molar-refractivity contribution in [1.29, 1.82) is 0 Å². The van der Waals surface area contributed by atoms with Gasteiger partial charge in [-0.25, -0.2) is 0 Å². The highest BCUT2D eigenvalue weighted by Gasteiger charge is 2.25. The highest BCUT2D eigenvalue weighted by molar-refractivity contribution is 5.46. The van der Waals surface area contributed by atoms with Crippen LogP contribution in [0.5, 0.6) is 0 Å². The predicted octanol–water partition coefficient (Wildman–Crippen LogP) is 2.18. The van der Waals surface area contributed by atoms with Gasteiger partial charge in [0.05, 0.1) is 0 Å². The molecule has 0 amide bonds. The van der Waals surface area contributed by atoms with Crippen LogP contribution < -0.4 is 10.6 Å². The first-order chi connectivity index (χ1) is 8.97. The fraction of sp³-hybridized carbons (Fsp3) is 0.625. The summed E-state index contributed by atoms with van der Waals surface area (Å²) in [5.74, 6) is 0. The Morgan fingerprint density at radius 3 is 2.16 bits per heavy atom. The van der Waals surface area contributed by atoms with Gasteiger partial charge in [0.15, 0.2) is 0 Å². The molecule has 2 N–H and O–H groups in total. The number of piperazine rings is 1. The molecule has 3 nitrogen and oxygen atoms in total. The van der Waals surface area contributed by atoms with E-state index in [0.29, 0.717) is 0 Å². The minimum Gasteiger partial charge on any atom is -0.369 e. The summed E-state index contributed by atoms with van der Waals surface area (Å²) < 4.78 is 0. The number of hydrogen-bond acceptors (Lipinski definition) is 3. The lowest BCUT2D eigenvalue weighted by Crippen LogP contribution is -2.52. The molecular weight excluding hydrogens is 234 g/mol. The Bertz CT molecular complexity index is 375. The molecular formula is C16H27N3. The van der Waals surface area contributed by atoms with E-state index in [9.17, 15) is 0 Å². The topological polar surface area (TPSA) is 32.5 Å². The Morgan fingerprint density at radius 1 is 1.05 bits per heavy atom. The summed E-state index contributed by atoms with van der Waals surface area (Å²) in [7, 11) is 0. The molecule has 1 unspecified atom stereocenters. The molecule has 0 spiro atoms. The van der Waals surface area contributed by atoms with Crippen molar-refractivity contribution in [3.05, 3.63) is 30.3 Å². The van der Waals surface area contributed by atoms with Crippen molar-refractivity contribution in [2.45, 2.75) is 26.8 Å². The summed E-state index contributed by atoms with van der Waals surface area (Å²) >= 11 is 0. The van der Waals surface area contributed by atoms with Gasteiger partial charge in [-0.15, -0.1) is 0 Å². The van der Waals surface area contributed by atoms with Crippen LogP contribution >= 0.6 is 0 Å². The maximum Gasteiger partial charge on any atom is 0.0367 e. The van der Waals surface area contributed by atoms with Gasteiger partial charge in [0.25, 0.3) is 0 Å². The smallest absolute Gasteiger partial charge is 0.0367 e. The lowest BCUT2D eigenvalue weighted by Gasteiger charge is -2.39. The number of nitrogens with two attached hydrogens (primary N) is 1. The largest absolute Gasteiger partial charge is 0.369 e. The van der Waals surface area contributed by atoms with E-state index in [4.69, 9.17) is 5.73 Å². The van der Waals surface area contributed by atoms with Crippen LogP contribution in [0.4, 0.5) is 5.69 Å². The quantitative estimate of drug-likeness (QED) is 0.905. The third-order valence-electron chi connectivity index (χ3n) is 4.06. The van der Waals surface area contributed by atoms with Gasteiger partial charge in [0.2, 0.25) is 0 Å². The van der Waals surface area contributed by atoms with Gasteiger partial charge in [-0.2, -0.15) is 0 Å². The Labute approximate surface area is 117 Å². The van der Waals surface area contributed by atoms with Gasteiger partial charge in [0.1, 0.15) is 0 Å². The first-order valence-electron chi connectivity index (χ1n) is 7.25. The fourth-order valence-electron chi connectivity index (χ4n) is 2.38. The maximum atomic E-state index is 6.27. The van der Waals surface area contributed by atoms with Crippen molar-refractivity contribution in [3.8, 4) is 0 Å². The zero-order valence-corrected chi connectivity index (χ0v) is 12.5. The zero-order valence-electron chi connectivity index (χ0n) is 12.5. The summed E-state index contributed by atoms with van der Waals surface area (Å²) in [6.07, 6.45) is 0. The van der Waals surface area contributed by atoms with Crippen molar-refractivity contribution in [3.63, 3.8) is 0 Å². The minimum atomic E-state index is 0.191. The normalized spacial score (nSPS) is 19.5. The van der Waals surface area contributed by atoms with Crippen LogP contribution in [0.25, 0.3) is 0 Å². The van der Waals surface area contributed by atoms with Gasteiger partial charge in [-0.3, -0.25) is 4.90 Å². The van der Waals surface area contributed by atoms with Crippen LogP contribution in [0.2, 0.25) is 0 Å². The SMILES string of the molecule is CC(C)(C)C(N)CN1CCN(c2ccccc2)CC1. The average molecular weight is 261 g/mol. The van der Waals surface area contributed by atoms with Crippen LogP contribution in [0, 0.1) is 5.41 Å². The molecule has 0 bridgehead atoms.